The van der Waals surface area contributed by atoms with Crippen LogP contribution in [0.4, 0.5) is 0 Å². The molecule has 0 bridgehead atoms. The maximum absolute atomic E-state index is 6.17. The SMILES string of the molecule is CCNC(=NCc1nccn1CC(C)C)NCC1CCCOC1c1ccc(C)cc1. The largest absolute Gasteiger partial charge is 0.373 e. The Bertz CT molecular complexity index is 796. The van der Waals surface area contributed by atoms with Crippen molar-refractivity contribution in [3.63, 3.8) is 0 Å². The summed E-state index contributed by atoms with van der Waals surface area (Å²) in [6.45, 7) is 12.7. The van der Waals surface area contributed by atoms with Crippen LogP contribution in [-0.2, 0) is 17.8 Å². The first-order valence-electron chi connectivity index (χ1n) is 11.3. The number of hydrogen-bond acceptors (Lipinski definition) is 3. The highest BCUT2D eigenvalue weighted by atomic mass is 16.5. The predicted molar refractivity (Wildman–Crippen MR) is 122 cm³/mol. The van der Waals surface area contributed by atoms with Gasteiger partial charge in [0.25, 0.3) is 0 Å². The zero-order chi connectivity index (χ0) is 21.3. The summed E-state index contributed by atoms with van der Waals surface area (Å²) in [7, 11) is 0. The van der Waals surface area contributed by atoms with Gasteiger partial charge < -0.3 is 19.9 Å². The fourth-order valence-electron chi connectivity index (χ4n) is 3.95. The van der Waals surface area contributed by atoms with Crippen LogP contribution < -0.4 is 10.6 Å². The Morgan fingerprint density at radius 2 is 2.07 bits per heavy atom. The van der Waals surface area contributed by atoms with Crippen molar-refractivity contribution in [2.45, 2.75) is 59.7 Å². The third-order valence-corrected chi connectivity index (χ3v) is 5.47. The maximum atomic E-state index is 6.17. The van der Waals surface area contributed by atoms with E-state index in [1.807, 2.05) is 12.4 Å². The van der Waals surface area contributed by atoms with Gasteiger partial charge in [-0.25, -0.2) is 9.98 Å². The number of aromatic nitrogens is 2. The van der Waals surface area contributed by atoms with Gasteiger partial charge in [0.2, 0.25) is 0 Å². The van der Waals surface area contributed by atoms with Crippen molar-refractivity contribution in [3.8, 4) is 0 Å². The van der Waals surface area contributed by atoms with Gasteiger partial charge in [-0.05, 0) is 38.2 Å². The van der Waals surface area contributed by atoms with Crippen LogP contribution in [0.5, 0.6) is 0 Å². The van der Waals surface area contributed by atoms with Crippen LogP contribution in [0.2, 0.25) is 0 Å². The highest BCUT2D eigenvalue weighted by Gasteiger charge is 2.27. The Balaban J connectivity index is 1.63. The topological polar surface area (TPSA) is 63.5 Å². The smallest absolute Gasteiger partial charge is 0.191 e. The molecule has 3 rings (SSSR count). The fourth-order valence-corrected chi connectivity index (χ4v) is 3.95. The van der Waals surface area contributed by atoms with E-state index >= 15 is 0 Å². The van der Waals surface area contributed by atoms with E-state index in [9.17, 15) is 0 Å². The number of nitrogens with zero attached hydrogens (tertiary/aromatic N) is 3. The molecular formula is C24H37N5O. The third-order valence-electron chi connectivity index (χ3n) is 5.47. The Morgan fingerprint density at radius 1 is 1.27 bits per heavy atom. The normalized spacial score (nSPS) is 19.8. The van der Waals surface area contributed by atoms with Crippen LogP contribution in [0.15, 0.2) is 41.7 Å². The molecule has 0 aliphatic carbocycles. The number of guanidine groups is 1. The molecule has 2 N–H and O–H groups in total. The van der Waals surface area contributed by atoms with Gasteiger partial charge >= 0.3 is 0 Å². The van der Waals surface area contributed by atoms with E-state index in [0.29, 0.717) is 18.4 Å². The minimum atomic E-state index is 0.139. The molecule has 1 aromatic carbocycles. The molecule has 2 aromatic rings. The summed E-state index contributed by atoms with van der Waals surface area (Å²) in [6, 6.07) is 8.74. The number of hydrogen-bond donors (Lipinski definition) is 2. The molecule has 2 unspecified atom stereocenters. The molecule has 6 nitrogen and oxygen atoms in total. The highest BCUT2D eigenvalue weighted by Crippen LogP contribution is 2.33. The summed E-state index contributed by atoms with van der Waals surface area (Å²) >= 11 is 0. The second kappa shape index (κ2) is 11.2. The molecule has 1 aromatic heterocycles. The lowest BCUT2D eigenvalue weighted by molar-refractivity contribution is -0.0265. The first-order valence-corrected chi connectivity index (χ1v) is 11.3. The van der Waals surface area contributed by atoms with Gasteiger partial charge in [0.15, 0.2) is 5.96 Å². The number of ether oxygens (including phenoxy) is 1. The molecule has 0 saturated carbocycles. The van der Waals surface area contributed by atoms with Crippen LogP contribution in [0.3, 0.4) is 0 Å². The molecular weight excluding hydrogens is 374 g/mol. The lowest BCUT2D eigenvalue weighted by atomic mass is 9.89. The van der Waals surface area contributed by atoms with E-state index in [-0.39, 0.29) is 6.10 Å². The van der Waals surface area contributed by atoms with Crippen LogP contribution in [0.1, 0.15) is 56.7 Å². The van der Waals surface area contributed by atoms with E-state index in [1.165, 1.54) is 11.1 Å². The summed E-state index contributed by atoms with van der Waals surface area (Å²) in [5.41, 5.74) is 2.55. The molecule has 0 amide bonds. The van der Waals surface area contributed by atoms with Crippen molar-refractivity contribution in [2.24, 2.45) is 16.8 Å². The van der Waals surface area contributed by atoms with Gasteiger partial charge in [-0.15, -0.1) is 0 Å². The van der Waals surface area contributed by atoms with E-state index in [0.717, 1.165) is 50.9 Å². The molecule has 30 heavy (non-hydrogen) atoms. The number of rotatable bonds is 8. The third kappa shape index (κ3) is 6.33. The van der Waals surface area contributed by atoms with Crippen molar-refractivity contribution in [1.82, 2.24) is 20.2 Å². The highest BCUT2D eigenvalue weighted by molar-refractivity contribution is 5.79. The maximum Gasteiger partial charge on any atom is 0.191 e. The van der Waals surface area contributed by atoms with Crippen molar-refractivity contribution in [2.75, 3.05) is 19.7 Å². The average Bonchev–Trinajstić information content (AvgIpc) is 3.17. The second-order valence-corrected chi connectivity index (χ2v) is 8.57. The fraction of sp³-hybridized carbons (Fsp3) is 0.583. The number of nitrogens with one attached hydrogen (secondary N) is 2. The molecule has 0 radical (unpaired) electrons. The molecule has 1 aliphatic rings. The van der Waals surface area contributed by atoms with Crippen molar-refractivity contribution in [1.29, 1.82) is 0 Å². The number of imidazole rings is 1. The lowest BCUT2D eigenvalue weighted by Gasteiger charge is -2.32. The minimum absolute atomic E-state index is 0.139. The monoisotopic (exact) mass is 411 g/mol. The minimum Gasteiger partial charge on any atom is -0.373 e. The quantitative estimate of drug-likeness (QED) is 0.508. The molecule has 2 atom stereocenters. The van der Waals surface area contributed by atoms with Crippen LogP contribution in [0.25, 0.3) is 0 Å². The summed E-state index contributed by atoms with van der Waals surface area (Å²) in [5, 5.41) is 6.91. The van der Waals surface area contributed by atoms with Crippen molar-refractivity contribution < 1.29 is 4.74 Å². The van der Waals surface area contributed by atoms with Gasteiger partial charge in [0.1, 0.15) is 12.4 Å². The summed E-state index contributed by atoms with van der Waals surface area (Å²) in [5.74, 6) is 2.84. The molecule has 0 spiro atoms. The summed E-state index contributed by atoms with van der Waals surface area (Å²) in [4.78, 5) is 9.28. The van der Waals surface area contributed by atoms with Gasteiger partial charge in [-0.2, -0.15) is 0 Å². The van der Waals surface area contributed by atoms with Crippen LogP contribution >= 0.6 is 0 Å². The van der Waals surface area contributed by atoms with Crippen molar-refractivity contribution >= 4 is 5.96 Å². The second-order valence-electron chi connectivity index (χ2n) is 8.57. The van der Waals surface area contributed by atoms with E-state index in [2.05, 4.69) is 72.1 Å². The molecule has 1 saturated heterocycles. The number of aryl methyl sites for hydroxylation is 1. The Morgan fingerprint density at radius 3 is 2.80 bits per heavy atom. The van der Waals surface area contributed by atoms with Crippen LogP contribution in [-0.4, -0.2) is 35.2 Å². The molecule has 6 heteroatoms. The zero-order valence-electron chi connectivity index (χ0n) is 18.9. The lowest BCUT2D eigenvalue weighted by Crippen LogP contribution is -2.42. The molecule has 2 heterocycles. The van der Waals surface area contributed by atoms with Gasteiger partial charge in [-0.3, -0.25) is 0 Å². The molecule has 164 valence electrons. The van der Waals surface area contributed by atoms with E-state index in [4.69, 9.17) is 9.73 Å². The molecule has 1 fully saturated rings. The van der Waals surface area contributed by atoms with E-state index in [1.54, 1.807) is 0 Å². The first kappa shape index (κ1) is 22.3. The first-order chi connectivity index (χ1) is 14.6. The zero-order valence-corrected chi connectivity index (χ0v) is 18.9. The van der Waals surface area contributed by atoms with Crippen molar-refractivity contribution in [3.05, 3.63) is 53.6 Å². The van der Waals surface area contributed by atoms with Crippen LogP contribution in [0, 0.1) is 18.8 Å². The standard InChI is InChI=1S/C24H37N5O/c1-5-25-24(28-16-22-26-12-13-29(22)17-18(2)3)27-15-21-7-6-14-30-23(21)20-10-8-19(4)9-11-20/h8-13,18,21,23H,5-7,14-17H2,1-4H3,(H2,25,27,28). The number of aliphatic imine (C=N–C) groups is 1. The summed E-state index contributed by atoms with van der Waals surface area (Å²) < 4.78 is 8.36. The Hall–Kier alpha value is -2.34. The Kier molecular flexibility index (Phi) is 8.31. The average molecular weight is 412 g/mol. The molecule has 1 aliphatic heterocycles. The Labute approximate surface area is 181 Å². The van der Waals surface area contributed by atoms with Gasteiger partial charge in [-0.1, -0.05) is 43.7 Å². The van der Waals surface area contributed by atoms with Gasteiger partial charge in [0.05, 0.1) is 6.10 Å². The predicted octanol–water partition coefficient (Wildman–Crippen LogP) is 4.07. The van der Waals surface area contributed by atoms with Gasteiger partial charge in [0, 0.05) is 44.6 Å². The summed E-state index contributed by atoms with van der Waals surface area (Å²) in [6.07, 6.45) is 6.30. The number of benzene rings is 1. The van der Waals surface area contributed by atoms with E-state index < -0.39 is 0 Å².